The third kappa shape index (κ3) is 5.02. The molecule has 3 aromatic rings. The molecule has 8 nitrogen and oxygen atoms in total. The molecule has 1 amide bonds. The number of unbranched alkanes of at least 4 members (excludes halogenated alkanes) is 1. The summed E-state index contributed by atoms with van der Waals surface area (Å²) in [6.45, 7) is 2.72. The fraction of sp³-hybridized carbons (Fsp3) is 0.250. The van der Waals surface area contributed by atoms with E-state index in [1.807, 2.05) is 0 Å². The van der Waals surface area contributed by atoms with E-state index in [9.17, 15) is 19.8 Å². The van der Waals surface area contributed by atoms with Crippen LogP contribution >= 0.6 is 0 Å². The molecule has 2 aromatic carbocycles. The number of phenols is 1. The molecule has 2 heterocycles. The van der Waals surface area contributed by atoms with Gasteiger partial charge in [-0.1, -0.05) is 31.5 Å². The smallest absolute Gasteiger partial charge is 0.295 e. The van der Waals surface area contributed by atoms with Crippen LogP contribution in [0.4, 0.5) is 0 Å². The van der Waals surface area contributed by atoms with Gasteiger partial charge in [0.05, 0.1) is 25.3 Å². The van der Waals surface area contributed by atoms with Crippen molar-refractivity contribution in [1.29, 1.82) is 0 Å². The van der Waals surface area contributed by atoms with Gasteiger partial charge < -0.3 is 24.6 Å². The van der Waals surface area contributed by atoms with Crippen LogP contribution in [-0.4, -0.2) is 45.5 Å². The van der Waals surface area contributed by atoms with Gasteiger partial charge in [-0.2, -0.15) is 0 Å². The Kier molecular flexibility index (Phi) is 7.53. The van der Waals surface area contributed by atoms with Gasteiger partial charge in [0.25, 0.3) is 11.7 Å². The lowest BCUT2D eigenvalue weighted by Crippen LogP contribution is -2.29. The Bertz CT molecular complexity index is 1290. The van der Waals surface area contributed by atoms with Crippen molar-refractivity contribution < 1.29 is 29.3 Å². The van der Waals surface area contributed by atoms with E-state index in [1.165, 1.54) is 18.1 Å². The molecule has 0 spiro atoms. The number of ketones is 1. The first-order chi connectivity index (χ1) is 17.4. The van der Waals surface area contributed by atoms with Crippen molar-refractivity contribution in [3.05, 3.63) is 89.3 Å². The van der Waals surface area contributed by atoms with E-state index in [-0.39, 0.29) is 29.4 Å². The summed E-state index contributed by atoms with van der Waals surface area (Å²) in [5.41, 5.74) is 1.60. The van der Waals surface area contributed by atoms with Crippen LogP contribution in [0.1, 0.15) is 42.5 Å². The third-order valence-electron chi connectivity index (χ3n) is 6.04. The predicted molar refractivity (Wildman–Crippen MR) is 134 cm³/mol. The number of hydrogen-bond acceptors (Lipinski definition) is 7. The van der Waals surface area contributed by atoms with Crippen molar-refractivity contribution in [1.82, 2.24) is 9.88 Å². The van der Waals surface area contributed by atoms with Crippen LogP contribution in [0.2, 0.25) is 0 Å². The number of carbonyl (C=O) groups is 2. The number of likely N-dealkylation sites (tertiary alicyclic amines) is 1. The number of pyridine rings is 1. The summed E-state index contributed by atoms with van der Waals surface area (Å²) in [6, 6.07) is 14.0. The Morgan fingerprint density at radius 2 is 1.86 bits per heavy atom. The highest BCUT2D eigenvalue weighted by Crippen LogP contribution is 2.42. The molecule has 4 rings (SSSR count). The van der Waals surface area contributed by atoms with E-state index in [2.05, 4.69) is 11.9 Å². The summed E-state index contributed by atoms with van der Waals surface area (Å²) in [7, 11) is 1.41. The summed E-state index contributed by atoms with van der Waals surface area (Å²) in [4.78, 5) is 31.9. The Labute approximate surface area is 209 Å². The molecule has 0 saturated carbocycles. The first-order valence-corrected chi connectivity index (χ1v) is 11.7. The van der Waals surface area contributed by atoms with Gasteiger partial charge in [-0.15, -0.1) is 0 Å². The topological polar surface area (TPSA) is 109 Å². The number of methoxy groups -OCH3 is 1. The number of aromatic hydroxyl groups is 1. The first-order valence-electron chi connectivity index (χ1n) is 11.7. The van der Waals surface area contributed by atoms with Gasteiger partial charge in [-0.3, -0.25) is 14.6 Å². The minimum absolute atomic E-state index is 0.0486. The zero-order chi connectivity index (χ0) is 25.7. The standard InChI is InChI=1S/C28H28N2O6/c1-3-4-14-36-21-7-5-6-20(15-21)26(32)24-25(19-8-9-22(31)23(16-19)35-2)30(28(34)27(24)33)17-18-10-12-29-13-11-18/h5-13,15-16,25,31-32H,3-4,14,17H2,1-2H3. The van der Waals surface area contributed by atoms with Crippen molar-refractivity contribution in [2.75, 3.05) is 13.7 Å². The van der Waals surface area contributed by atoms with Gasteiger partial charge >= 0.3 is 0 Å². The van der Waals surface area contributed by atoms with Gasteiger partial charge in [0.1, 0.15) is 11.5 Å². The normalized spacial score (nSPS) is 16.8. The van der Waals surface area contributed by atoms with Crippen LogP contribution in [0.25, 0.3) is 5.76 Å². The van der Waals surface area contributed by atoms with Crippen molar-refractivity contribution in [3.8, 4) is 17.2 Å². The van der Waals surface area contributed by atoms with Crippen molar-refractivity contribution >= 4 is 17.4 Å². The molecular weight excluding hydrogens is 460 g/mol. The summed E-state index contributed by atoms with van der Waals surface area (Å²) in [5, 5.41) is 21.4. The average molecular weight is 489 g/mol. The number of nitrogens with zero attached hydrogens (tertiary/aromatic N) is 2. The Hall–Kier alpha value is -4.33. The fourth-order valence-electron chi connectivity index (χ4n) is 4.16. The lowest BCUT2D eigenvalue weighted by Gasteiger charge is -2.26. The van der Waals surface area contributed by atoms with Gasteiger partial charge in [-0.25, -0.2) is 0 Å². The summed E-state index contributed by atoms with van der Waals surface area (Å²) < 4.78 is 11.0. The molecule has 1 atom stereocenters. The summed E-state index contributed by atoms with van der Waals surface area (Å²) in [5.74, 6) is -1.17. The third-order valence-corrected chi connectivity index (χ3v) is 6.04. The second-order valence-electron chi connectivity index (χ2n) is 8.44. The molecule has 36 heavy (non-hydrogen) atoms. The van der Waals surface area contributed by atoms with Crippen LogP contribution < -0.4 is 9.47 Å². The Morgan fingerprint density at radius 1 is 1.08 bits per heavy atom. The maximum Gasteiger partial charge on any atom is 0.295 e. The van der Waals surface area contributed by atoms with Crippen LogP contribution in [0, 0.1) is 0 Å². The van der Waals surface area contributed by atoms with E-state index < -0.39 is 17.7 Å². The molecule has 1 aliphatic heterocycles. The molecular formula is C28H28N2O6. The number of amides is 1. The van der Waals surface area contributed by atoms with Crippen LogP contribution in [-0.2, 0) is 16.1 Å². The first kappa shape index (κ1) is 24.8. The van der Waals surface area contributed by atoms with Crippen LogP contribution in [0.15, 0.2) is 72.6 Å². The highest BCUT2D eigenvalue weighted by molar-refractivity contribution is 6.46. The fourth-order valence-corrected chi connectivity index (χ4v) is 4.16. The number of hydrogen-bond donors (Lipinski definition) is 2. The Balaban J connectivity index is 1.82. The Morgan fingerprint density at radius 3 is 2.58 bits per heavy atom. The second kappa shape index (κ2) is 10.9. The van der Waals surface area contributed by atoms with Crippen LogP contribution in [0.5, 0.6) is 17.2 Å². The minimum atomic E-state index is -0.905. The molecule has 1 aliphatic rings. The van der Waals surface area contributed by atoms with E-state index in [0.29, 0.717) is 23.5 Å². The lowest BCUT2D eigenvalue weighted by molar-refractivity contribution is -0.140. The second-order valence-corrected chi connectivity index (χ2v) is 8.44. The molecule has 2 N–H and O–H groups in total. The predicted octanol–water partition coefficient (Wildman–Crippen LogP) is 4.60. The molecule has 186 valence electrons. The van der Waals surface area contributed by atoms with E-state index in [4.69, 9.17) is 9.47 Å². The quantitative estimate of drug-likeness (QED) is 0.196. The number of aliphatic hydroxyl groups excluding tert-OH is 1. The molecule has 0 bridgehead atoms. The van der Waals surface area contributed by atoms with Crippen molar-refractivity contribution in [2.45, 2.75) is 32.4 Å². The number of carbonyl (C=O) groups excluding carboxylic acids is 2. The van der Waals surface area contributed by atoms with E-state index in [0.717, 1.165) is 18.4 Å². The average Bonchev–Trinajstić information content (AvgIpc) is 3.14. The molecule has 0 aliphatic carbocycles. The number of aliphatic hydroxyl groups is 1. The monoisotopic (exact) mass is 488 g/mol. The maximum atomic E-state index is 13.3. The maximum absolute atomic E-state index is 13.3. The molecule has 1 saturated heterocycles. The largest absolute Gasteiger partial charge is 0.507 e. The molecule has 0 radical (unpaired) electrons. The number of rotatable bonds is 9. The molecule has 1 aromatic heterocycles. The molecule has 1 fully saturated rings. The highest BCUT2D eigenvalue weighted by atomic mass is 16.5. The number of aromatic nitrogens is 1. The molecule has 1 unspecified atom stereocenters. The van der Waals surface area contributed by atoms with Gasteiger partial charge in [0, 0.05) is 24.5 Å². The summed E-state index contributed by atoms with van der Waals surface area (Å²) >= 11 is 0. The zero-order valence-corrected chi connectivity index (χ0v) is 20.2. The lowest BCUT2D eigenvalue weighted by atomic mass is 9.94. The van der Waals surface area contributed by atoms with Gasteiger partial charge in [0.15, 0.2) is 11.5 Å². The molecule has 8 heteroatoms. The summed E-state index contributed by atoms with van der Waals surface area (Å²) in [6.07, 6.45) is 5.08. The van der Waals surface area contributed by atoms with Crippen molar-refractivity contribution in [3.63, 3.8) is 0 Å². The number of phenolic OH excluding ortho intramolecular Hbond substituents is 1. The van der Waals surface area contributed by atoms with E-state index in [1.54, 1.807) is 60.9 Å². The zero-order valence-electron chi connectivity index (χ0n) is 20.2. The number of benzene rings is 2. The number of ether oxygens (including phenoxy) is 2. The van der Waals surface area contributed by atoms with Gasteiger partial charge in [0.2, 0.25) is 0 Å². The van der Waals surface area contributed by atoms with Gasteiger partial charge in [-0.05, 0) is 53.9 Å². The van der Waals surface area contributed by atoms with Crippen LogP contribution in [0.3, 0.4) is 0 Å². The highest BCUT2D eigenvalue weighted by Gasteiger charge is 2.46. The van der Waals surface area contributed by atoms with Crippen molar-refractivity contribution in [2.24, 2.45) is 0 Å². The number of Topliss-reactive ketones (excluding diaryl/α,β-unsaturated/α-hetero) is 1. The minimum Gasteiger partial charge on any atom is -0.507 e. The van der Waals surface area contributed by atoms with E-state index >= 15 is 0 Å². The SMILES string of the molecule is CCCCOc1cccc(C(O)=C2C(=O)C(=O)N(Cc3ccncc3)C2c2ccc(O)c(OC)c2)c1.